The van der Waals surface area contributed by atoms with E-state index in [2.05, 4.69) is 15.5 Å². The first-order chi connectivity index (χ1) is 12.7. The van der Waals surface area contributed by atoms with E-state index in [-0.39, 0.29) is 5.56 Å². The number of nitrogens with one attached hydrogen (secondary N) is 1. The number of amides is 1. The van der Waals surface area contributed by atoms with Crippen LogP contribution in [-0.2, 0) is 6.61 Å². The third-order valence-electron chi connectivity index (χ3n) is 3.46. The molecular formula is C20H16FN3O2. The Kier molecular flexibility index (Phi) is 5.67. The lowest BCUT2D eigenvalue weighted by Crippen LogP contribution is -2.17. The number of carbonyl (C=O) groups is 1. The van der Waals surface area contributed by atoms with E-state index in [1.807, 2.05) is 30.3 Å². The van der Waals surface area contributed by atoms with Crippen molar-refractivity contribution in [2.24, 2.45) is 5.10 Å². The number of halogens is 1. The van der Waals surface area contributed by atoms with Gasteiger partial charge in [-0.05, 0) is 60.2 Å². The monoisotopic (exact) mass is 349 g/mol. The Bertz CT molecular complexity index is 896. The molecule has 5 nitrogen and oxygen atoms in total. The van der Waals surface area contributed by atoms with Gasteiger partial charge in [0.05, 0.1) is 11.9 Å². The zero-order chi connectivity index (χ0) is 18.2. The second kappa shape index (κ2) is 8.53. The van der Waals surface area contributed by atoms with Crippen molar-refractivity contribution >= 4 is 12.1 Å². The lowest BCUT2D eigenvalue weighted by Gasteiger charge is -2.05. The Balaban J connectivity index is 1.52. The van der Waals surface area contributed by atoms with E-state index in [1.54, 1.807) is 18.3 Å². The first-order valence-corrected chi connectivity index (χ1v) is 7.92. The van der Waals surface area contributed by atoms with Crippen LogP contribution in [-0.4, -0.2) is 17.1 Å². The fourth-order valence-electron chi connectivity index (χ4n) is 2.15. The summed E-state index contributed by atoms with van der Waals surface area (Å²) in [6.45, 7) is 0.387. The van der Waals surface area contributed by atoms with Crippen molar-refractivity contribution in [1.82, 2.24) is 10.4 Å². The highest BCUT2D eigenvalue weighted by Crippen LogP contribution is 2.12. The molecule has 0 aliphatic heterocycles. The van der Waals surface area contributed by atoms with Crippen LogP contribution in [0.15, 0.2) is 78.0 Å². The number of carbonyl (C=O) groups excluding carboxylic acids is 1. The van der Waals surface area contributed by atoms with Crippen LogP contribution in [0.2, 0.25) is 0 Å². The van der Waals surface area contributed by atoms with Crippen molar-refractivity contribution in [3.8, 4) is 5.75 Å². The summed E-state index contributed by atoms with van der Waals surface area (Å²) in [5.41, 5.74) is 4.20. The molecule has 0 bridgehead atoms. The molecule has 1 heterocycles. The number of hydrogen-bond acceptors (Lipinski definition) is 4. The SMILES string of the molecule is O=C(NN=Cc1ccc(OCc2ccccn2)cc1)c1cccc(F)c1. The van der Waals surface area contributed by atoms with E-state index in [1.165, 1.54) is 24.4 Å². The molecule has 130 valence electrons. The summed E-state index contributed by atoms with van der Waals surface area (Å²) in [5.74, 6) is -0.240. The number of nitrogens with zero attached hydrogens (tertiary/aromatic N) is 2. The Labute approximate surface area is 150 Å². The van der Waals surface area contributed by atoms with Gasteiger partial charge in [-0.3, -0.25) is 9.78 Å². The van der Waals surface area contributed by atoms with Crippen LogP contribution < -0.4 is 10.2 Å². The van der Waals surface area contributed by atoms with Crippen LogP contribution in [0.4, 0.5) is 4.39 Å². The van der Waals surface area contributed by atoms with Gasteiger partial charge in [-0.15, -0.1) is 0 Å². The van der Waals surface area contributed by atoms with Crippen LogP contribution in [0.5, 0.6) is 5.75 Å². The smallest absolute Gasteiger partial charge is 0.271 e. The van der Waals surface area contributed by atoms with Gasteiger partial charge in [-0.1, -0.05) is 12.1 Å². The fraction of sp³-hybridized carbons (Fsp3) is 0.0500. The van der Waals surface area contributed by atoms with Crippen molar-refractivity contribution in [3.05, 3.63) is 95.6 Å². The molecule has 0 spiro atoms. The first kappa shape index (κ1) is 17.3. The van der Waals surface area contributed by atoms with Crippen molar-refractivity contribution in [2.45, 2.75) is 6.61 Å². The van der Waals surface area contributed by atoms with Crippen molar-refractivity contribution in [2.75, 3.05) is 0 Å². The summed E-state index contributed by atoms with van der Waals surface area (Å²) in [6, 6.07) is 18.3. The van der Waals surface area contributed by atoms with Crippen molar-refractivity contribution in [1.29, 1.82) is 0 Å². The molecule has 0 fully saturated rings. The summed E-state index contributed by atoms with van der Waals surface area (Å²) >= 11 is 0. The first-order valence-electron chi connectivity index (χ1n) is 7.92. The molecule has 1 aromatic heterocycles. The van der Waals surface area contributed by atoms with E-state index < -0.39 is 11.7 Å². The maximum Gasteiger partial charge on any atom is 0.271 e. The Morgan fingerprint density at radius 2 is 1.96 bits per heavy atom. The van der Waals surface area contributed by atoms with Gasteiger partial charge >= 0.3 is 0 Å². The quantitative estimate of drug-likeness (QED) is 0.547. The zero-order valence-electron chi connectivity index (χ0n) is 13.8. The summed E-state index contributed by atoms with van der Waals surface area (Å²) < 4.78 is 18.7. The minimum absolute atomic E-state index is 0.209. The molecule has 0 saturated carbocycles. The normalized spacial score (nSPS) is 10.7. The molecule has 3 aromatic rings. The van der Waals surface area contributed by atoms with Gasteiger partial charge in [0.15, 0.2) is 0 Å². The van der Waals surface area contributed by atoms with Crippen molar-refractivity contribution < 1.29 is 13.9 Å². The van der Waals surface area contributed by atoms with Crippen LogP contribution in [0.3, 0.4) is 0 Å². The van der Waals surface area contributed by atoms with Gasteiger partial charge in [-0.25, -0.2) is 9.82 Å². The standard InChI is InChI=1S/C20H16FN3O2/c21-17-5-3-4-16(12-17)20(25)24-23-13-15-7-9-19(10-8-15)26-14-18-6-1-2-11-22-18/h1-13H,14H2,(H,24,25). The highest BCUT2D eigenvalue weighted by Gasteiger charge is 2.04. The number of pyridine rings is 1. The maximum absolute atomic E-state index is 13.1. The lowest BCUT2D eigenvalue weighted by molar-refractivity contribution is 0.0954. The molecule has 0 saturated heterocycles. The van der Waals surface area contributed by atoms with Gasteiger partial charge < -0.3 is 4.74 Å². The number of rotatable bonds is 6. The predicted octanol–water partition coefficient (Wildman–Crippen LogP) is 3.56. The Morgan fingerprint density at radius 1 is 1.12 bits per heavy atom. The van der Waals surface area contributed by atoms with Gasteiger partial charge in [0, 0.05) is 11.8 Å². The van der Waals surface area contributed by atoms with Crippen LogP contribution in [0.25, 0.3) is 0 Å². The highest BCUT2D eigenvalue weighted by atomic mass is 19.1. The van der Waals surface area contributed by atoms with E-state index in [9.17, 15) is 9.18 Å². The summed E-state index contributed by atoms with van der Waals surface area (Å²) in [5, 5.41) is 3.87. The molecule has 0 atom stereocenters. The molecule has 1 amide bonds. The van der Waals surface area contributed by atoms with Gasteiger partial charge in [0.1, 0.15) is 18.2 Å². The molecule has 26 heavy (non-hydrogen) atoms. The number of hydrazone groups is 1. The van der Waals surface area contributed by atoms with E-state index in [0.29, 0.717) is 12.4 Å². The molecule has 2 aromatic carbocycles. The Hall–Kier alpha value is -3.54. The maximum atomic E-state index is 13.1. The summed E-state index contributed by atoms with van der Waals surface area (Å²) in [7, 11) is 0. The molecule has 0 unspecified atom stereocenters. The topological polar surface area (TPSA) is 63.6 Å². The molecule has 3 rings (SSSR count). The van der Waals surface area contributed by atoms with E-state index >= 15 is 0 Å². The second-order valence-electron chi connectivity index (χ2n) is 5.39. The predicted molar refractivity (Wildman–Crippen MR) is 96.5 cm³/mol. The fourth-order valence-corrected chi connectivity index (χ4v) is 2.15. The molecule has 6 heteroatoms. The van der Waals surface area contributed by atoms with E-state index in [4.69, 9.17) is 4.74 Å². The summed E-state index contributed by atoms with van der Waals surface area (Å²) in [4.78, 5) is 16.0. The second-order valence-corrected chi connectivity index (χ2v) is 5.39. The molecule has 1 N–H and O–H groups in total. The lowest BCUT2D eigenvalue weighted by atomic mass is 10.2. The highest BCUT2D eigenvalue weighted by molar-refractivity contribution is 5.94. The average Bonchev–Trinajstić information content (AvgIpc) is 2.68. The van der Waals surface area contributed by atoms with Gasteiger partial charge in [-0.2, -0.15) is 5.10 Å². The molecule has 0 aliphatic carbocycles. The molecule has 0 radical (unpaired) electrons. The van der Waals surface area contributed by atoms with E-state index in [0.717, 1.165) is 17.3 Å². The number of ether oxygens (including phenoxy) is 1. The third-order valence-corrected chi connectivity index (χ3v) is 3.46. The number of hydrogen-bond donors (Lipinski definition) is 1. The molecule has 0 aliphatic rings. The van der Waals surface area contributed by atoms with Crippen LogP contribution >= 0.6 is 0 Å². The van der Waals surface area contributed by atoms with Crippen molar-refractivity contribution in [3.63, 3.8) is 0 Å². The number of aromatic nitrogens is 1. The minimum Gasteiger partial charge on any atom is -0.487 e. The van der Waals surface area contributed by atoms with Crippen LogP contribution in [0.1, 0.15) is 21.6 Å². The third kappa shape index (κ3) is 4.98. The summed E-state index contributed by atoms with van der Waals surface area (Å²) in [6.07, 6.45) is 3.22. The minimum atomic E-state index is -0.476. The number of benzene rings is 2. The largest absolute Gasteiger partial charge is 0.487 e. The zero-order valence-corrected chi connectivity index (χ0v) is 13.8. The van der Waals surface area contributed by atoms with Gasteiger partial charge in [0.2, 0.25) is 0 Å². The average molecular weight is 349 g/mol. The molecular weight excluding hydrogens is 333 g/mol. The van der Waals surface area contributed by atoms with Crippen LogP contribution in [0, 0.1) is 5.82 Å². The Morgan fingerprint density at radius 3 is 2.69 bits per heavy atom. The van der Waals surface area contributed by atoms with Gasteiger partial charge in [0.25, 0.3) is 5.91 Å².